The van der Waals surface area contributed by atoms with E-state index in [1.807, 2.05) is 0 Å². The minimum atomic E-state index is -4.39. The lowest BCUT2D eigenvalue weighted by Gasteiger charge is -2.50. The van der Waals surface area contributed by atoms with Crippen molar-refractivity contribution < 1.29 is 26.3 Å². The number of nitrogens with zero attached hydrogens (tertiary/aromatic N) is 2. The Morgan fingerprint density at radius 3 is 1.68 bits per heavy atom. The fourth-order valence-electron chi connectivity index (χ4n) is 13.9. The van der Waals surface area contributed by atoms with E-state index in [1.165, 1.54) is 79.6 Å². The maximum Gasteiger partial charge on any atom is 0.416 e. The number of benzene rings is 6. The third kappa shape index (κ3) is 5.62. The van der Waals surface area contributed by atoms with Crippen LogP contribution >= 0.6 is 0 Å². The Labute approximate surface area is 382 Å². The molecular weight excluding hydrogens is 839 g/mol. The lowest BCUT2D eigenvalue weighted by Crippen LogP contribution is -2.54. The zero-order chi connectivity index (χ0) is 45.8. The van der Waals surface area contributed by atoms with Crippen molar-refractivity contribution in [2.45, 2.75) is 126 Å². The van der Waals surface area contributed by atoms with E-state index in [2.05, 4.69) is 116 Å². The highest BCUT2D eigenvalue weighted by atomic mass is 19.4. The van der Waals surface area contributed by atoms with Gasteiger partial charge in [0, 0.05) is 39.5 Å². The summed E-state index contributed by atoms with van der Waals surface area (Å²) in [6.45, 7) is 9.33. The number of rotatable bonds is 4. The number of allylic oxidation sites excluding steroid dienone is 3. The molecule has 2 heterocycles. The van der Waals surface area contributed by atoms with Crippen LogP contribution in [0.5, 0.6) is 0 Å². The summed E-state index contributed by atoms with van der Waals surface area (Å²) in [5.41, 5.74) is 12.6. The average Bonchev–Trinajstić information content (AvgIpc) is 3.64. The zero-order valence-corrected chi connectivity index (χ0v) is 37.7. The van der Waals surface area contributed by atoms with Crippen molar-refractivity contribution in [3.05, 3.63) is 166 Å². The topological polar surface area (TPSA) is 6.48 Å². The Morgan fingerprint density at radius 2 is 1.11 bits per heavy atom. The van der Waals surface area contributed by atoms with Gasteiger partial charge in [0.15, 0.2) is 0 Å². The van der Waals surface area contributed by atoms with E-state index in [0.29, 0.717) is 0 Å². The second-order valence-electron chi connectivity index (χ2n) is 20.8. The van der Waals surface area contributed by atoms with Crippen molar-refractivity contribution in [2.24, 2.45) is 0 Å². The van der Waals surface area contributed by atoms with Crippen LogP contribution in [0.15, 0.2) is 121 Å². The van der Waals surface area contributed by atoms with Gasteiger partial charge in [0.25, 0.3) is 0 Å². The first-order valence-electron chi connectivity index (χ1n) is 23.7. The molecule has 6 aliphatic rings. The summed E-state index contributed by atoms with van der Waals surface area (Å²) in [7, 11) is 0. The molecule has 6 aromatic rings. The molecule has 0 saturated heterocycles. The Bertz CT molecular complexity index is 3070. The largest absolute Gasteiger partial charge is 0.416 e. The van der Waals surface area contributed by atoms with E-state index in [-0.39, 0.29) is 27.8 Å². The van der Waals surface area contributed by atoms with Crippen LogP contribution in [0.4, 0.5) is 49.1 Å². The Kier molecular flexibility index (Phi) is 8.77. The summed E-state index contributed by atoms with van der Waals surface area (Å²) >= 11 is 0. The highest BCUT2D eigenvalue weighted by Gasteiger charge is 2.59. The second-order valence-corrected chi connectivity index (χ2v) is 20.8. The van der Waals surface area contributed by atoms with Crippen molar-refractivity contribution in [1.82, 2.24) is 0 Å². The highest BCUT2D eigenvalue weighted by molar-refractivity contribution is 6.09. The molecule has 2 fully saturated rings. The van der Waals surface area contributed by atoms with Crippen molar-refractivity contribution >= 4 is 45.2 Å². The molecule has 4 aliphatic carbocycles. The molecule has 2 nitrogen and oxygen atoms in total. The van der Waals surface area contributed by atoms with Gasteiger partial charge in [0.1, 0.15) is 0 Å². The van der Waals surface area contributed by atoms with Gasteiger partial charge in [0.2, 0.25) is 0 Å². The van der Waals surface area contributed by atoms with Crippen molar-refractivity contribution in [3.63, 3.8) is 0 Å². The molecule has 0 amide bonds. The number of hydrogen-bond donors (Lipinski definition) is 0. The minimum absolute atomic E-state index is 0.0314. The smallest absolute Gasteiger partial charge is 0.334 e. The third-order valence-electron chi connectivity index (χ3n) is 17.7. The summed E-state index contributed by atoms with van der Waals surface area (Å²) in [4.78, 5) is 4.66. The molecule has 2 saturated carbocycles. The maximum atomic E-state index is 13.7. The molecule has 66 heavy (non-hydrogen) atoms. The van der Waals surface area contributed by atoms with E-state index in [1.54, 1.807) is 24.3 Å². The molecule has 0 N–H and O–H groups in total. The van der Waals surface area contributed by atoms with E-state index < -0.39 is 23.5 Å². The summed E-state index contributed by atoms with van der Waals surface area (Å²) in [5, 5.41) is 2.51. The molecule has 336 valence electrons. The maximum absolute atomic E-state index is 13.7. The van der Waals surface area contributed by atoms with E-state index in [4.69, 9.17) is 0 Å². The van der Waals surface area contributed by atoms with Crippen LogP contribution in [-0.4, -0.2) is 11.1 Å². The fourth-order valence-corrected chi connectivity index (χ4v) is 13.9. The van der Waals surface area contributed by atoms with Gasteiger partial charge in [-0.25, -0.2) is 0 Å². The molecule has 8 heteroatoms. The Morgan fingerprint density at radius 1 is 0.561 bits per heavy atom. The van der Waals surface area contributed by atoms with E-state index in [9.17, 15) is 26.3 Å². The van der Waals surface area contributed by atoms with E-state index >= 15 is 0 Å². The van der Waals surface area contributed by atoms with Crippen LogP contribution in [0.1, 0.15) is 129 Å². The lowest BCUT2D eigenvalue weighted by molar-refractivity contribution is -0.138. The second kappa shape index (κ2) is 13.9. The summed E-state index contributed by atoms with van der Waals surface area (Å²) < 4.78 is 82.0. The van der Waals surface area contributed by atoms with E-state index in [0.717, 1.165) is 86.1 Å². The number of anilines is 4. The van der Waals surface area contributed by atoms with Crippen LogP contribution in [0, 0.1) is 0 Å². The summed E-state index contributed by atoms with van der Waals surface area (Å²) in [6.07, 6.45) is 7.32. The van der Waals surface area contributed by atoms with Crippen molar-refractivity contribution in [2.75, 3.05) is 9.80 Å². The van der Waals surface area contributed by atoms with Gasteiger partial charge < -0.3 is 9.80 Å². The molecule has 12 rings (SSSR count). The number of halogens is 6. The van der Waals surface area contributed by atoms with Crippen LogP contribution < -0.4 is 9.80 Å². The molecule has 0 radical (unpaired) electrons. The molecule has 2 aliphatic heterocycles. The summed E-state index contributed by atoms with van der Waals surface area (Å²) in [5.74, 6) is 0.0314. The molecule has 0 bridgehead atoms. The van der Waals surface area contributed by atoms with Gasteiger partial charge in [-0.05, 0) is 174 Å². The van der Waals surface area contributed by atoms with Crippen LogP contribution in [-0.2, 0) is 29.6 Å². The standard InChI is InChI=1S/C58H52F6N2/c1-53-29-5-7-31-55(53,3)65(41-19-15-39(16-20-41)57(59,60)61)49-27-13-37(33-47(49)53)43-23-9-35-12-26-46-44(24-10-36-11-25-45(43)51(35)52(36)46)38-14-28-50-48(34-38)54(2)30-6-8-32-56(54,4)66(50)42-21-17-40(18-22-42)58(62,63)64/h9-11,13-28,33-34,44H,5-8,12,29-32H2,1-4H3. The third-order valence-corrected chi connectivity index (χ3v) is 17.7. The SMILES string of the molecule is CC12CCCCC1(C)N(c1ccc(C(F)(F)F)cc1)c1ccc(-c3ccc4c5c6c(ccc35)C=CC(c3ccc5c(c3)C3(C)CCCCC3(C)N5c3ccc(C(F)(F)F)cc3)C6=CC4)cc12. The minimum Gasteiger partial charge on any atom is -0.334 e. The molecular formula is C58H52F6N2. The Balaban J connectivity index is 0.935. The normalized spacial score (nSPS) is 27.4. The average molecular weight is 891 g/mol. The van der Waals surface area contributed by atoms with Gasteiger partial charge >= 0.3 is 12.4 Å². The van der Waals surface area contributed by atoms with Crippen molar-refractivity contribution in [3.8, 4) is 11.1 Å². The lowest BCUT2D eigenvalue weighted by atomic mass is 9.61. The molecule has 6 aromatic carbocycles. The molecule has 0 spiro atoms. The number of hydrogen-bond acceptors (Lipinski definition) is 2. The first kappa shape index (κ1) is 41.7. The quantitative estimate of drug-likeness (QED) is 0.163. The number of fused-ring (bicyclic) bond motifs is 6. The molecule has 5 atom stereocenters. The monoisotopic (exact) mass is 890 g/mol. The number of alkyl halides is 6. The Hall–Kier alpha value is -5.76. The van der Waals surface area contributed by atoms with Crippen molar-refractivity contribution in [1.29, 1.82) is 0 Å². The first-order chi connectivity index (χ1) is 31.4. The van der Waals surface area contributed by atoms with Gasteiger partial charge in [-0.1, -0.05) is 100 Å². The van der Waals surface area contributed by atoms with Gasteiger partial charge in [-0.15, -0.1) is 0 Å². The van der Waals surface area contributed by atoms with Gasteiger partial charge in [-0.3, -0.25) is 0 Å². The molecule has 5 unspecified atom stereocenters. The fraction of sp³-hybridized carbons (Fsp3) is 0.345. The predicted molar refractivity (Wildman–Crippen MR) is 255 cm³/mol. The van der Waals surface area contributed by atoms with Crippen LogP contribution in [0.25, 0.3) is 33.5 Å². The predicted octanol–water partition coefficient (Wildman–Crippen LogP) is 16.8. The molecule has 0 aromatic heterocycles. The zero-order valence-electron chi connectivity index (χ0n) is 37.7. The van der Waals surface area contributed by atoms with Gasteiger partial charge in [-0.2, -0.15) is 26.3 Å². The highest BCUT2D eigenvalue weighted by Crippen LogP contribution is 2.63. The first-order valence-corrected chi connectivity index (χ1v) is 23.7. The van der Waals surface area contributed by atoms with Crippen LogP contribution in [0.3, 0.4) is 0 Å². The summed E-state index contributed by atoms with van der Waals surface area (Å²) in [6, 6.07) is 34.2. The van der Waals surface area contributed by atoms with Gasteiger partial charge in [0.05, 0.1) is 22.2 Å². The van der Waals surface area contributed by atoms with Crippen LogP contribution in [0.2, 0.25) is 0 Å².